The van der Waals surface area contributed by atoms with Crippen molar-refractivity contribution in [3.8, 4) is 11.8 Å². The van der Waals surface area contributed by atoms with Crippen LogP contribution in [0.25, 0.3) is 0 Å². The second-order valence-corrected chi connectivity index (χ2v) is 6.12. The molecule has 2 saturated heterocycles. The summed E-state index contributed by atoms with van der Waals surface area (Å²) in [5, 5.41) is 10.8. The first-order valence-corrected chi connectivity index (χ1v) is 7.56. The van der Waals surface area contributed by atoms with E-state index in [0.29, 0.717) is 18.5 Å². The zero-order valence-corrected chi connectivity index (χ0v) is 12.9. The maximum Gasteiger partial charge on any atom is 0.409 e. The second-order valence-electron chi connectivity index (χ2n) is 6.12. The van der Waals surface area contributed by atoms with Crippen molar-refractivity contribution in [3.63, 3.8) is 0 Å². The summed E-state index contributed by atoms with van der Waals surface area (Å²) in [6, 6.07) is 5.67. The monoisotopic (exact) mass is 300 g/mol. The van der Waals surface area contributed by atoms with Gasteiger partial charge in [-0.1, -0.05) is 12.0 Å². The molecule has 0 aromatic carbocycles. The number of nitrogens with zero attached hydrogens (tertiary/aromatic N) is 2. The van der Waals surface area contributed by atoms with Gasteiger partial charge in [0.2, 0.25) is 0 Å². The van der Waals surface area contributed by atoms with Gasteiger partial charge in [-0.2, -0.15) is 0 Å². The van der Waals surface area contributed by atoms with E-state index in [0.717, 1.165) is 18.5 Å². The molecule has 2 aliphatic heterocycles. The average molecular weight is 300 g/mol. The standard InChI is InChI=1S/C17H20N2O3/c1-12-4-3-5-13(18-12)8-9-17(21)10-14-6-7-15(11-17)19(14)16(20)22-2/h3-5,14-15,21H,6-7,10-11H2,1-2H3. The first-order valence-electron chi connectivity index (χ1n) is 7.56. The predicted molar refractivity (Wildman–Crippen MR) is 81.1 cm³/mol. The van der Waals surface area contributed by atoms with Gasteiger partial charge in [-0.05, 0) is 37.8 Å². The second kappa shape index (κ2) is 5.62. The third-order valence-corrected chi connectivity index (χ3v) is 4.46. The topological polar surface area (TPSA) is 62.7 Å². The number of carbonyl (C=O) groups excluding carboxylic acids is 1. The summed E-state index contributed by atoms with van der Waals surface area (Å²) in [5.41, 5.74) is 0.512. The van der Waals surface area contributed by atoms with Gasteiger partial charge >= 0.3 is 6.09 Å². The number of hydrogen-bond donors (Lipinski definition) is 1. The van der Waals surface area contributed by atoms with Gasteiger partial charge in [0.15, 0.2) is 0 Å². The SMILES string of the molecule is COC(=O)N1C2CCC1CC(O)(C#Cc1cccc(C)n1)C2. The molecule has 5 heteroatoms. The highest BCUT2D eigenvalue weighted by Gasteiger charge is 2.49. The van der Waals surface area contributed by atoms with Gasteiger partial charge in [0, 0.05) is 30.6 Å². The quantitative estimate of drug-likeness (QED) is 0.743. The Hall–Kier alpha value is -2.06. The minimum Gasteiger partial charge on any atom is -0.453 e. The highest BCUT2D eigenvalue weighted by atomic mass is 16.5. The number of ether oxygens (including phenoxy) is 1. The molecule has 0 spiro atoms. The smallest absolute Gasteiger partial charge is 0.409 e. The molecule has 0 radical (unpaired) electrons. The zero-order chi connectivity index (χ0) is 15.7. The molecule has 2 atom stereocenters. The molecule has 0 aliphatic carbocycles. The maximum absolute atomic E-state index is 11.8. The van der Waals surface area contributed by atoms with Crippen LogP contribution in [0, 0.1) is 18.8 Å². The van der Waals surface area contributed by atoms with Crippen LogP contribution < -0.4 is 0 Å². The molecule has 116 valence electrons. The number of carbonyl (C=O) groups is 1. The van der Waals surface area contributed by atoms with Crippen molar-refractivity contribution in [2.45, 2.75) is 50.3 Å². The molecule has 5 nitrogen and oxygen atoms in total. The Bertz CT molecular complexity index is 633. The van der Waals surface area contributed by atoms with Crippen molar-refractivity contribution >= 4 is 6.09 Å². The lowest BCUT2D eigenvalue weighted by atomic mass is 9.86. The molecular formula is C17H20N2O3. The van der Waals surface area contributed by atoms with Gasteiger partial charge in [-0.3, -0.25) is 0 Å². The third-order valence-electron chi connectivity index (χ3n) is 4.46. The number of aliphatic hydroxyl groups is 1. The van der Waals surface area contributed by atoms with Gasteiger partial charge in [0.05, 0.1) is 7.11 Å². The van der Waals surface area contributed by atoms with Gasteiger partial charge < -0.3 is 14.7 Å². The molecule has 1 aromatic heterocycles. The first kappa shape index (κ1) is 14.9. The molecule has 3 heterocycles. The summed E-state index contributed by atoms with van der Waals surface area (Å²) in [6.45, 7) is 1.91. The van der Waals surface area contributed by atoms with Gasteiger partial charge in [0.1, 0.15) is 11.3 Å². The van der Waals surface area contributed by atoms with Crippen molar-refractivity contribution in [2.75, 3.05) is 7.11 Å². The fourth-order valence-corrected chi connectivity index (χ4v) is 3.52. The Labute approximate surface area is 130 Å². The number of pyridine rings is 1. The number of aryl methyl sites for hydroxylation is 1. The molecule has 1 aromatic rings. The van der Waals surface area contributed by atoms with Crippen molar-refractivity contribution in [1.82, 2.24) is 9.88 Å². The van der Waals surface area contributed by atoms with Crippen LogP contribution in [0.2, 0.25) is 0 Å². The first-order chi connectivity index (χ1) is 10.5. The Morgan fingerprint density at radius 2 is 2.09 bits per heavy atom. The predicted octanol–water partition coefficient (Wildman–Crippen LogP) is 1.87. The van der Waals surface area contributed by atoms with Crippen molar-refractivity contribution < 1.29 is 14.6 Å². The Morgan fingerprint density at radius 3 is 2.68 bits per heavy atom. The molecule has 2 aliphatic rings. The molecule has 1 amide bonds. The largest absolute Gasteiger partial charge is 0.453 e. The maximum atomic E-state index is 11.8. The highest BCUT2D eigenvalue weighted by molar-refractivity contribution is 5.69. The Morgan fingerprint density at radius 1 is 1.41 bits per heavy atom. The lowest BCUT2D eigenvalue weighted by Crippen LogP contribution is -2.52. The van der Waals surface area contributed by atoms with Crippen LogP contribution in [0.3, 0.4) is 0 Å². The van der Waals surface area contributed by atoms with E-state index in [1.165, 1.54) is 7.11 Å². The van der Waals surface area contributed by atoms with Crippen LogP contribution in [0.15, 0.2) is 18.2 Å². The number of methoxy groups -OCH3 is 1. The van der Waals surface area contributed by atoms with Crippen LogP contribution in [0.1, 0.15) is 37.1 Å². The molecular weight excluding hydrogens is 280 g/mol. The van der Waals surface area contributed by atoms with E-state index >= 15 is 0 Å². The fraction of sp³-hybridized carbons (Fsp3) is 0.529. The van der Waals surface area contributed by atoms with Crippen molar-refractivity contribution in [2.24, 2.45) is 0 Å². The Kier molecular flexibility index (Phi) is 3.79. The summed E-state index contributed by atoms with van der Waals surface area (Å²) >= 11 is 0. The van der Waals surface area contributed by atoms with E-state index in [2.05, 4.69) is 16.8 Å². The summed E-state index contributed by atoms with van der Waals surface area (Å²) in [7, 11) is 1.39. The van der Waals surface area contributed by atoms with E-state index in [1.54, 1.807) is 4.90 Å². The molecule has 2 bridgehead atoms. The van der Waals surface area contributed by atoms with Gasteiger partial charge in [-0.15, -0.1) is 0 Å². The van der Waals surface area contributed by atoms with Crippen LogP contribution in [0.5, 0.6) is 0 Å². The van der Waals surface area contributed by atoms with E-state index in [9.17, 15) is 9.90 Å². The lowest BCUT2D eigenvalue weighted by molar-refractivity contribution is -0.00731. The highest BCUT2D eigenvalue weighted by Crippen LogP contribution is 2.40. The van der Waals surface area contributed by atoms with E-state index in [4.69, 9.17) is 4.74 Å². The number of aromatic nitrogens is 1. The van der Waals surface area contributed by atoms with Crippen LogP contribution in [-0.4, -0.2) is 45.9 Å². The van der Waals surface area contributed by atoms with Crippen LogP contribution >= 0.6 is 0 Å². The van der Waals surface area contributed by atoms with Crippen LogP contribution in [0.4, 0.5) is 4.79 Å². The molecule has 2 unspecified atom stereocenters. The minimum absolute atomic E-state index is 0.0102. The van der Waals surface area contributed by atoms with E-state index < -0.39 is 5.60 Å². The number of piperidine rings is 1. The van der Waals surface area contributed by atoms with Gasteiger partial charge in [0.25, 0.3) is 0 Å². The molecule has 0 saturated carbocycles. The Balaban J connectivity index is 1.78. The molecule has 1 N–H and O–H groups in total. The molecule has 3 rings (SSSR count). The summed E-state index contributed by atoms with van der Waals surface area (Å²) in [4.78, 5) is 17.9. The third kappa shape index (κ3) is 2.79. The van der Waals surface area contributed by atoms with Crippen LogP contribution in [-0.2, 0) is 4.74 Å². The fourth-order valence-electron chi connectivity index (χ4n) is 3.52. The number of fused-ring (bicyclic) bond motifs is 2. The lowest BCUT2D eigenvalue weighted by Gasteiger charge is -2.40. The number of amides is 1. The van der Waals surface area contributed by atoms with E-state index in [1.807, 2.05) is 25.1 Å². The summed E-state index contributed by atoms with van der Waals surface area (Å²) in [6.07, 6.45) is 2.43. The van der Waals surface area contributed by atoms with Gasteiger partial charge in [-0.25, -0.2) is 9.78 Å². The summed E-state index contributed by atoms with van der Waals surface area (Å²) in [5.74, 6) is 5.96. The molecule has 22 heavy (non-hydrogen) atoms. The zero-order valence-electron chi connectivity index (χ0n) is 12.9. The number of hydrogen-bond acceptors (Lipinski definition) is 4. The van der Waals surface area contributed by atoms with Crippen molar-refractivity contribution in [3.05, 3.63) is 29.6 Å². The molecule has 2 fully saturated rings. The number of rotatable bonds is 0. The summed E-state index contributed by atoms with van der Waals surface area (Å²) < 4.78 is 4.84. The average Bonchev–Trinajstić information content (AvgIpc) is 2.78. The minimum atomic E-state index is -1.05. The normalized spacial score (nSPS) is 29.7. The van der Waals surface area contributed by atoms with E-state index in [-0.39, 0.29) is 18.2 Å². The van der Waals surface area contributed by atoms with Crippen molar-refractivity contribution in [1.29, 1.82) is 0 Å².